The number of rotatable bonds is 3. The summed E-state index contributed by atoms with van der Waals surface area (Å²) in [6, 6.07) is 3.61. The SMILES string of the molecule is NC(CO)c1ccc(N2CCCC2)nc1. The van der Waals surface area contributed by atoms with Crippen LogP contribution in [0.1, 0.15) is 24.4 Å². The van der Waals surface area contributed by atoms with Crippen LogP contribution in [-0.2, 0) is 0 Å². The van der Waals surface area contributed by atoms with Gasteiger partial charge in [-0.2, -0.15) is 0 Å². The minimum absolute atomic E-state index is 0.0370. The monoisotopic (exact) mass is 207 g/mol. The van der Waals surface area contributed by atoms with Crippen molar-refractivity contribution in [2.75, 3.05) is 24.6 Å². The Morgan fingerprint density at radius 2 is 2.13 bits per heavy atom. The first-order chi connectivity index (χ1) is 7.31. The Hall–Kier alpha value is -1.13. The number of aliphatic hydroxyl groups is 1. The Balaban J connectivity index is 2.09. The van der Waals surface area contributed by atoms with Crippen molar-refractivity contribution < 1.29 is 5.11 Å². The van der Waals surface area contributed by atoms with Crippen LogP contribution in [0.15, 0.2) is 18.3 Å². The number of hydrogen-bond acceptors (Lipinski definition) is 4. The van der Waals surface area contributed by atoms with Gasteiger partial charge < -0.3 is 15.7 Å². The molecule has 1 saturated heterocycles. The molecule has 0 aliphatic carbocycles. The number of nitrogens with zero attached hydrogens (tertiary/aromatic N) is 2. The highest BCUT2D eigenvalue weighted by Crippen LogP contribution is 2.18. The molecule has 2 rings (SSSR count). The van der Waals surface area contributed by atoms with E-state index in [0.717, 1.165) is 24.5 Å². The molecule has 15 heavy (non-hydrogen) atoms. The summed E-state index contributed by atoms with van der Waals surface area (Å²) in [5, 5.41) is 8.91. The van der Waals surface area contributed by atoms with Crippen LogP contribution in [-0.4, -0.2) is 29.8 Å². The lowest BCUT2D eigenvalue weighted by atomic mass is 10.1. The molecule has 0 aromatic carbocycles. The summed E-state index contributed by atoms with van der Waals surface area (Å²) < 4.78 is 0. The third-order valence-corrected chi connectivity index (χ3v) is 2.83. The maximum absolute atomic E-state index is 8.91. The summed E-state index contributed by atoms with van der Waals surface area (Å²) in [7, 11) is 0. The molecule has 1 aliphatic rings. The molecule has 1 aromatic rings. The first-order valence-electron chi connectivity index (χ1n) is 5.38. The highest BCUT2D eigenvalue weighted by molar-refractivity contribution is 5.40. The maximum atomic E-state index is 8.91. The lowest BCUT2D eigenvalue weighted by molar-refractivity contribution is 0.268. The third kappa shape index (κ3) is 2.27. The van der Waals surface area contributed by atoms with E-state index in [9.17, 15) is 0 Å². The zero-order chi connectivity index (χ0) is 10.7. The molecule has 1 atom stereocenters. The topological polar surface area (TPSA) is 62.4 Å². The number of hydrogen-bond donors (Lipinski definition) is 2. The van der Waals surface area contributed by atoms with Crippen LogP contribution in [0.2, 0.25) is 0 Å². The summed E-state index contributed by atoms with van der Waals surface area (Å²) in [5.41, 5.74) is 6.58. The van der Waals surface area contributed by atoms with Gasteiger partial charge in [-0.05, 0) is 24.5 Å². The van der Waals surface area contributed by atoms with Crippen molar-refractivity contribution in [3.05, 3.63) is 23.9 Å². The van der Waals surface area contributed by atoms with E-state index < -0.39 is 0 Å². The maximum Gasteiger partial charge on any atom is 0.128 e. The van der Waals surface area contributed by atoms with Gasteiger partial charge in [0.15, 0.2) is 0 Å². The average molecular weight is 207 g/mol. The van der Waals surface area contributed by atoms with Crippen molar-refractivity contribution in [1.82, 2.24) is 4.98 Å². The average Bonchev–Trinajstić information content (AvgIpc) is 2.82. The molecule has 0 radical (unpaired) electrons. The van der Waals surface area contributed by atoms with Gasteiger partial charge in [-0.1, -0.05) is 6.07 Å². The van der Waals surface area contributed by atoms with Gasteiger partial charge in [0.25, 0.3) is 0 Å². The summed E-state index contributed by atoms with van der Waals surface area (Å²) in [6.45, 7) is 2.15. The smallest absolute Gasteiger partial charge is 0.128 e. The molecule has 1 aliphatic heterocycles. The molecule has 4 nitrogen and oxygen atoms in total. The van der Waals surface area contributed by atoms with Crippen LogP contribution in [0, 0.1) is 0 Å². The Morgan fingerprint density at radius 1 is 1.40 bits per heavy atom. The van der Waals surface area contributed by atoms with Crippen LogP contribution in [0.4, 0.5) is 5.82 Å². The fraction of sp³-hybridized carbons (Fsp3) is 0.545. The molecule has 1 unspecified atom stereocenters. The van der Waals surface area contributed by atoms with Crippen molar-refractivity contribution in [1.29, 1.82) is 0 Å². The van der Waals surface area contributed by atoms with E-state index in [1.165, 1.54) is 12.8 Å². The molecule has 2 heterocycles. The molecular formula is C11H17N3O. The zero-order valence-electron chi connectivity index (χ0n) is 8.76. The largest absolute Gasteiger partial charge is 0.394 e. The fourth-order valence-electron chi connectivity index (χ4n) is 1.86. The zero-order valence-corrected chi connectivity index (χ0v) is 8.76. The molecule has 4 heteroatoms. The van der Waals surface area contributed by atoms with Gasteiger partial charge in [-0.15, -0.1) is 0 Å². The predicted octanol–water partition coefficient (Wildman–Crippen LogP) is 0.674. The highest BCUT2D eigenvalue weighted by atomic mass is 16.3. The van der Waals surface area contributed by atoms with Crippen LogP contribution >= 0.6 is 0 Å². The summed E-state index contributed by atoms with van der Waals surface area (Å²) in [6.07, 6.45) is 4.26. The Kier molecular flexibility index (Phi) is 3.18. The first-order valence-corrected chi connectivity index (χ1v) is 5.38. The lowest BCUT2D eigenvalue weighted by Crippen LogP contribution is -2.20. The highest BCUT2D eigenvalue weighted by Gasteiger charge is 2.13. The molecule has 3 N–H and O–H groups in total. The van der Waals surface area contributed by atoms with Crippen molar-refractivity contribution in [3.63, 3.8) is 0 Å². The number of aliphatic hydroxyl groups excluding tert-OH is 1. The molecular weight excluding hydrogens is 190 g/mol. The van der Waals surface area contributed by atoms with Crippen LogP contribution < -0.4 is 10.6 Å². The van der Waals surface area contributed by atoms with Gasteiger partial charge in [-0.3, -0.25) is 0 Å². The Bertz CT molecular complexity index is 306. The summed E-state index contributed by atoms with van der Waals surface area (Å²) >= 11 is 0. The number of anilines is 1. The van der Waals surface area contributed by atoms with E-state index in [4.69, 9.17) is 10.8 Å². The molecule has 0 bridgehead atoms. The second kappa shape index (κ2) is 4.59. The number of aromatic nitrogens is 1. The molecule has 1 aromatic heterocycles. The Morgan fingerprint density at radius 3 is 2.67 bits per heavy atom. The summed E-state index contributed by atoms with van der Waals surface area (Å²) in [4.78, 5) is 6.64. The van der Waals surface area contributed by atoms with Gasteiger partial charge in [0, 0.05) is 19.3 Å². The lowest BCUT2D eigenvalue weighted by Gasteiger charge is -2.17. The van der Waals surface area contributed by atoms with Crippen LogP contribution in [0.5, 0.6) is 0 Å². The van der Waals surface area contributed by atoms with E-state index in [0.29, 0.717) is 0 Å². The van der Waals surface area contributed by atoms with Crippen LogP contribution in [0.3, 0.4) is 0 Å². The molecule has 1 fully saturated rings. The summed E-state index contributed by atoms with van der Waals surface area (Å²) in [5.74, 6) is 1.02. The third-order valence-electron chi connectivity index (χ3n) is 2.83. The quantitative estimate of drug-likeness (QED) is 0.765. The number of pyridine rings is 1. The second-order valence-corrected chi connectivity index (χ2v) is 3.93. The normalized spacial score (nSPS) is 18.1. The number of nitrogens with two attached hydrogens (primary N) is 1. The molecule has 0 amide bonds. The van der Waals surface area contributed by atoms with Crippen molar-refractivity contribution in [2.24, 2.45) is 5.73 Å². The van der Waals surface area contributed by atoms with Crippen molar-refractivity contribution in [3.8, 4) is 0 Å². The van der Waals surface area contributed by atoms with Crippen LogP contribution in [0.25, 0.3) is 0 Å². The standard InChI is InChI=1S/C11H17N3O/c12-10(8-15)9-3-4-11(13-7-9)14-5-1-2-6-14/h3-4,7,10,15H,1-2,5-6,8,12H2. The van der Waals surface area contributed by atoms with Gasteiger partial charge >= 0.3 is 0 Å². The fourth-order valence-corrected chi connectivity index (χ4v) is 1.86. The minimum atomic E-state index is -0.315. The molecule has 0 saturated carbocycles. The van der Waals surface area contributed by atoms with Gasteiger partial charge in [-0.25, -0.2) is 4.98 Å². The predicted molar refractivity (Wildman–Crippen MR) is 59.7 cm³/mol. The van der Waals surface area contributed by atoms with Gasteiger partial charge in [0.05, 0.1) is 12.6 Å². The van der Waals surface area contributed by atoms with E-state index in [1.807, 2.05) is 12.1 Å². The second-order valence-electron chi connectivity index (χ2n) is 3.93. The van der Waals surface area contributed by atoms with E-state index in [2.05, 4.69) is 9.88 Å². The van der Waals surface area contributed by atoms with Gasteiger partial charge in [0.1, 0.15) is 5.82 Å². The van der Waals surface area contributed by atoms with E-state index >= 15 is 0 Å². The molecule has 82 valence electrons. The van der Waals surface area contributed by atoms with Gasteiger partial charge in [0.2, 0.25) is 0 Å². The van der Waals surface area contributed by atoms with E-state index in [1.54, 1.807) is 6.20 Å². The van der Waals surface area contributed by atoms with Crippen molar-refractivity contribution in [2.45, 2.75) is 18.9 Å². The van der Waals surface area contributed by atoms with E-state index in [-0.39, 0.29) is 12.6 Å². The minimum Gasteiger partial charge on any atom is -0.394 e. The van der Waals surface area contributed by atoms with Crippen molar-refractivity contribution >= 4 is 5.82 Å². The Labute approximate surface area is 89.7 Å². The molecule has 0 spiro atoms. The first kappa shape index (κ1) is 10.4.